The van der Waals surface area contributed by atoms with E-state index in [2.05, 4.69) is 14.0 Å². The first-order chi connectivity index (χ1) is 7.29. The van der Waals surface area contributed by atoms with Gasteiger partial charge in [0, 0.05) is 12.2 Å². The third-order valence-electron chi connectivity index (χ3n) is 2.24. The summed E-state index contributed by atoms with van der Waals surface area (Å²) in [5, 5.41) is 1.36. The van der Waals surface area contributed by atoms with Gasteiger partial charge in [-0.25, -0.2) is 4.79 Å². The van der Waals surface area contributed by atoms with Crippen LogP contribution in [0.1, 0.15) is 19.8 Å². The van der Waals surface area contributed by atoms with Gasteiger partial charge in [-0.1, -0.05) is 31.5 Å². The first-order valence-electron chi connectivity index (χ1n) is 5.28. The summed E-state index contributed by atoms with van der Waals surface area (Å²) in [5.74, 6) is 0. The maximum atomic E-state index is 11.6. The van der Waals surface area contributed by atoms with Crippen LogP contribution in [0.15, 0.2) is 30.3 Å². The molecule has 3 nitrogen and oxygen atoms in total. The van der Waals surface area contributed by atoms with E-state index in [9.17, 15) is 4.79 Å². The summed E-state index contributed by atoms with van der Waals surface area (Å²) in [5.41, 5.74) is 0.941. The molecule has 2 N–H and O–H groups in total. The summed E-state index contributed by atoms with van der Waals surface area (Å²) in [6, 6.07) is 9.66. The molecule has 0 bridgehead atoms. The van der Waals surface area contributed by atoms with Crippen molar-refractivity contribution in [2.45, 2.75) is 19.8 Å². The van der Waals surface area contributed by atoms with E-state index in [1.165, 1.54) is 5.32 Å². The summed E-state index contributed by atoms with van der Waals surface area (Å²) >= 11 is 0. The molecule has 3 heteroatoms. The molecule has 15 heavy (non-hydrogen) atoms. The Bertz CT molecular complexity index is 298. The molecule has 0 spiro atoms. The Hall–Kier alpha value is -1.35. The van der Waals surface area contributed by atoms with Crippen molar-refractivity contribution < 1.29 is 10.1 Å². The number of carbonyl (C=O) groups is 1. The SMILES string of the molecule is [CH2-][NH2+]C(=O)N(CCCC)c1ccccc1. The second kappa shape index (κ2) is 6.19. The molecule has 82 valence electrons. The highest BCUT2D eigenvalue weighted by Crippen LogP contribution is 2.13. The minimum Gasteiger partial charge on any atom is -0.394 e. The lowest BCUT2D eigenvalue weighted by molar-refractivity contribution is -0.487. The molecule has 0 aliphatic carbocycles. The third-order valence-corrected chi connectivity index (χ3v) is 2.24. The van der Waals surface area contributed by atoms with Gasteiger partial charge in [0.05, 0.1) is 0 Å². The number of anilines is 1. The number of para-hydroxylation sites is 1. The number of quaternary nitrogens is 1. The fraction of sp³-hybridized carbons (Fsp3) is 0.333. The van der Waals surface area contributed by atoms with Gasteiger partial charge in [0.1, 0.15) is 0 Å². The van der Waals surface area contributed by atoms with Crippen LogP contribution in [-0.2, 0) is 0 Å². The fourth-order valence-electron chi connectivity index (χ4n) is 1.40. The maximum Gasteiger partial charge on any atom is 0.394 e. The third kappa shape index (κ3) is 3.36. The first kappa shape index (κ1) is 11.7. The van der Waals surface area contributed by atoms with Crippen molar-refractivity contribution in [3.8, 4) is 0 Å². The summed E-state index contributed by atoms with van der Waals surface area (Å²) < 4.78 is 0. The Balaban J connectivity index is 2.76. The van der Waals surface area contributed by atoms with E-state index in [4.69, 9.17) is 0 Å². The number of urea groups is 1. The fourth-order valence-corrected chi connectivity index (χ4v) is 1.40. The van der Waals surface area contributed by atoms with E-state index in [1.54, 1.807) is 4.90 Å². The van der Waals surface area contributed by atoms with Gasteiger partial charge in [-0.3, -0.25) is 4.90 Å². The van der Waals surface area contributed by atoms with E-state index in [0.717, 1.165) is 25.1 Å². The van der Waals surface area contributed by atoms with Gasteiger partial charge in [0.15, 0.2) is 0 Å². The molecular formula is C12H18N2O. The Labute approximate surface area is 91.1 Å². The van der Waals surface area contributed by atoms with Crippen LogP contribution < -0.4 is 10.2 Å². The van der Waals surface area contributed by atoms with Crippen LogP contribution in [-0.4, -0.2) is 12.6 Å². The van der Waals surface area contributed by atoms with Gasteiger partial charge in [-0.05, 0) is 18.6 Å². The average Bonchev–Trinajstić information content (AvgIpc) is 2.30. The van der Waals surface area contributed by atoms with E-state index in [0.29, 0.717) is 0 Å². The van der Waals surface area contributed by atoms with Gasteiger partial charge in [-0.15, -0.1) is 7.05 Å². The Kier molecular flexibility index (Phi) is 4.84. The molecule has 0 atom stereocenters. The van der Waals surface area contributed by atoms with Crippen molar-refractivity contribution in [2.24, 2.45) is 0 Å². The van der Waals surface area contributed by atoms with E-state index in [-0.39, 0.29) is 6.03 Å². The molecular weight excluding hydrogens is 188 g/mol. The number of nitrogens with two attached hydrogens (primary N) is 1. The number of hydrogen-bond donors (Lipinski definition) is 1. The zero-order valence-corrected chi connectivity index (χ0v) is 9.15. The molecule has 0 saturated carbocycles. The van der Waals surface area contributed by atoms with Crippen LogP contribution in [0.25, 0.3) is 0 Å². The van der Waals surface area contributed by atoms with E-state index < -0.39 is 0 Å². The van der Waals surface area contributed by atoms with Gasteiger partial charge >= 0.3 is 6.03 Å². The molecule has 0 fully saturated rings. The summed E-state index contributed by atoms with van der Waals surface area (Å²) in [4.78, 5) is 13.4. The molecule has 0 aliphatic rings. The number of unbranched alkanes of at least 4 members (excludes halogenated alkanes) is 1. The predicted molar refractivity (Wildman–Crippen MR) is 61.4 cm³/mol. The van der Waals surface area contributed by atoms with E-state index in [1.807, 2.05) is 30.3 Å². The lowest BCUT2D eigenvalue weighted by atomic mass is 10.2. The maximum absolute atomic E-state index is 11.6. The monoisotopic (exact) mass is 206 g/mol. The smallest absolute Gasteiger partial charge is 0.394 e. The standard InChI is InChI=1S/C12H18N2O/c1-3-4-10-14(12(15)13-2)11-8-6-5-7-9-11/h5-9H,2-4,10,13H2,1H3. The molecule has 0 radical (unpaired) electrons. The molecule has 0 unspecified atom stereocenters. The zero-order chi connectivity index (χ0) is 11.1. The Morgan fingerprint density at radius 3 is 2.60 bits per heavy atom. The molecule has 0 aromatic heterocycles. The lowest BCUT2D eigenvalue weighted by Crippen LogP contribution is -2.85. The number of nitrogens with zero attached hydrogens (tertiary/aromatic N) is 1. The van der Waals surface area contributed by atoms with E-state index >= 15 is 0 Å². The summed E-state index contributed by atoms with van der Waals surface area (Å²) in [6.45, 7) is 2.87. The van der Waals surface area contributed by atoms with Gasteiger partial charge in [-0.2, -0.15) is 0 Å². The molecule has 0 aliphatic heterocycles. The first-order valence-corrected chi connectivity index (χ1v) is 5.28. The van der Waals surface area contributed by atoms with Crippen molar-refractivity contribution in [1.82, 2.24) is 0 Å². The molecule has 0 heterocycles. The van der Waals surface area contributed by atoms with Gasteiger partial charge in [0.25, 0.3) is 0 Å². The Morgan fingerprint density at radius 2 is 2.07 bits per heavy atom. The quantitative estimate of drug-likeness (QED) is 0.749. The highest BCUT2D eigenvalue weighted by atomic mass is 16.2. The number of hydrogen-bond acceptors (Lipinski definition) is 1. The van der Waals surface area contributed by atoms with Crippen molar-refractivity contribution in [3.05, 3.63) is 37.4 Å². The predicted octanol–water partition coefficient (Wildman–Crippen LogP) is 1.77. The highest BCUT2D eigenvalue weighted by molar-refractivity contribution is 5.84. The van der Waals surface area contributed by atoms with Crippen LogP contribution in [0.3, 0.4) is 0 Å². The number of rotatable bonds is 4. The lowest BCUT2D eigenvalue weighted by Gasteiger charge is -2.20. The average molecular weight is 206 g/mol. The molecule has 0 saturated heterocycles. The largest absolute Gasteiger partial charge is 0.394 e. The van der Waals surface area contributed by atoms with Crippen molar-refractivity contribution >= 4 is 11.7 Å². The second-order valence-corrected chi connectivity index (χ2v) is 3.38. The van der Waals surface area contributed by atoms with Crippen molar-refractivity contribution in [3.63, 3.8) is 0 Å². The number of amides is 2. The summed E-state index contributed by atoms with van der Waals surface area (Å²) in [7, 11) is 3.52. The van der Waals surface area contributed by atoms with Crippen LogP contribution in [0, 0.1) is 7.05 Å². The number of carbonyl (C=O) groups excluding carboxylic acids is 1. The highest BCUT2D eigenvalue weighted by Gasteiger charge is 2.14. The van der Waals surface area contributed by atoms with Gasteiger partial charge < -0.3 is 5.32 Å². The second-order valence-electron chi connectivity index (χ2n) is 3.38. The topological polar surface area (TPSA) is 36.9 Å². The minimum atomic E-state index is -0.0327. The molecule has 1 aromatic rings. The zero-order valence-electron chi connectivity index (χ0n) is 9.15. The van der Waals surface area contributed by atoms with Crippen molar-refractivity contribution in [1.29, 1.82) is 0 Å². The normalized spacial score (nSPS) is 10.0. The van der Waals surface area contributed by atoms with Crippen LogP contribution in [0.2, 0.25) is 0 Å². The van der Waals surface area contributed by atoms with Crippen LogP contribution >= 0.6 is 0 Å². The van der Waals surface area contributed by atoms with Crippen LogP contribution in [0.4, 0.5) is 10.5 Å². The molecule has 1 aromatic carbocycles. The molecule has 2 amide bonds. The molecule has 1 rings (SSSR count). The summed E-state index contributed by atoms with van der Waals surface area (Å²) in [6.07, 6.45) is 2.09. The number of benzene rings is 1. The van der Waals surface area contributed by atoms with Crippen LogP contribution in [0.5, 0.6) is 0 Å². The van der Waals surface area contributed by atoms with Gasteiger partial charge in [0.2, 0.25) is 0 Å². The minimum absolute atomic E-state index is 0.0327. The number of primary amides is 1. The Morgan fingerprint density at radius 1 is 1.40 bits per heavy atom. The van der Waals surface area contributed by atoms with Crippen molar-refractivity contribution in [2.75, 3.05) is 11.4 Å².